The van der Waals surface area contributed by atoms with Crippen molar-refractivity contribution in [1.29, 1.82) is 0 Å². The number of imidazole rings is 1. The summed E-state index contributed by atoms with van der Waals surface area (Å²) >= 11 is 0. The van der Waals surface area contributed by atoms with Gasteiger partial charge in [0.2, 0.25) is 0 Å². The third kappa shape index (κ3) is 1.58. The highest BCUT2D eigenvalue weighted by atomic mass is 16.4. The number of nitrogens with one attached hydrogen (secondary N) is 1. The highest BCUT2D eigenvalue weighted by molar-refractivity contribution is 5.66. The van der Waals surface area contributed by atoms with Crippen LogP contribution in [0.15, 0.2) is 6.33 Å². The van der Waals surface area contributed by atoms with E-state index in [2.05, 4.69) is 9.97 Å². The van der Waals surface area contributed by atoms with Crippen LogP contribution in [-0.4, -0.2) is 32.6 Å². The van der Waals surface area contributed by atoms with Crippen molar-refractivity contribution in [3.8, 4) is 0 Å². The Kier molecular flexibility index (Phi) is 2.38. The van der Waals surface area contributed by atoms with Crippen LogP contribution in [0.25, 0.3) is 0 Å². The monoisotopic (exact) mass is 209 g/mol. The number of hydrogen-bond donors (Lipinski definition) is 2. The molecule has 0 radical (unpaired) electrons. The highest BCUT2D eigenvalue weighted by Gasteiger charge is 2.34. The minimum absolute atomic E-state index is 0.0891. The maximum atomic E-state index is 11.1. The standard InChI is InChI=1S/C10H15N3O2/c1-6(2)9-8-7(11-5-12-8)3-4-13(9)10(14)15/h5-6,9H,3-4H2,1-2H3,(H,11,12)(H,14,15). The van der Waals surface area contributed by atoms with Crippen molar-refractivity contribution < 1.29 is 9.90 Å². The number of carbonyl (C=O) groups is 1. The maximum absolute atomic E-state index is 11.1. The molecule has 1 aliphatic heterocycles. The summed E-state index contributed by atoms with van der Waals surface area (Å²) in [5.41, 5.74) is 1.96. The van der Waals surface area contributed by atoms with Gasteiger partial charge in [-0.05, 0) is 5.92 Å². The van der Waals surface area contributed by atoms with E-state index >= 15 is 0 Å². The van der Waals surface area contributed by atoms with Gasteiger partial charge in [-0.25, -0.2) is 9.78 Å². The van der Waals surface area contributed by atoms with Crippen LogP contribution in [0, 0.1) is 5.92 Å². The summed E-state index contributed by atoms with van der Waals surface area (Å²) in [5.74, 6) is 0.251. The van der Waals surface area contributed by atoms with Gasteiger partial charge in [0.1, 0.15) is 0 Å². The fraction of sp³-hybridized carbons (Fsp3) is 0.600. The summed E-state index contributed by atoms with van der Waals surface area (Å²) in [4.78, 5) is 19.8. The van der Waals surface area contributed by atoms with E-state index in [-0.39, 0.29) is 12.0 Å². The molecule has 0 spiro atoms. The van der Waals surface area contributed by atoms with E-state index in [1.807, 2.05) is 13.8 Å². The van der Waals surface area contributed by atoms with E-state index in [0.29, 0.717) is 13.0 Å². The largest absolute Gasteiger partial charge is 0.465 e. The Balaban J connectivity index is 2.38. The zero-order valence-corrected chi connectivity index (χ0v) is 8.90. The minimum Gasteiger partial charge on any atom is -0.465 e. The van der Waals surface area contributed by atoms with Crippen LogP contribution < -0.4 is 0 Å². The predicted molar refractivity (Wildman–Crippen MR) is 54.6 cm³/mol. The van der Waals surface area contributed by atoms with Crippen molar-refractivity contribution in [3.63, 3.8) is 0 Å². The molecule has 2 N–H and O–H groups in total. The van der Waals surface area contributed by atoms with Gasteiger partial charge in [-0.15, -0.1) is 0 Å². The second kappa shape index (κ2) is 3.56. The van der Waals surface area contributed by atoms with E-state index in [9.17, 15) is 4.79 Å². The molecule has 0 fully saturated rings. The number of H-pyrrole nitrogens is 1. The van der Waals surface area contributed by atoms with E-state index in [1.54, 1.807) is 6.33 Å². The van der Waals surface area contributed by atoms with E-state index < -0.39 is 6.09 Å². The summed E-state index contributed by atoms with van der Waals surface area (Å²) < 4.78 is 0. The van der Waals surface area contributed by atoms with Crippen molar-refractivity contribution in [3.05, 3.63) is 17.7 Å². The van der Waals surface area contributed by atoms with E-state index in [0.717, 1.165) is 11.4 Å². The lowest BCUT2D eigenvalue weighted by atomic mass is 9.94. The number of nitrogens with zero attached hydrogens (tertiary/aromatic N) is 2. The molecular formula is C10H15N3O2. The molecule has 0 aliphatic carbocycles. The quantitative estimate of drug-likeness (QED) is 0.738. The zero-order valence-electron chi connectivity index (χ0n) is 8.90. The normalized spacial score (nSPS) is 20.5. The first-order chi connectivity index (χ1) is 7.11. The number of aromatic nitrogens is 2. The molecule has 1 aromatic heterocycles. The van der Waals surface area contributed by atoms with Crippen molar-refractivity contribution in [2.75, 3.05) is 6.54 Å². The van der Waals surface area contributed by atoms with Crippen LogP contribution in [0.2, 0.25) is 0 Å². The molecule has 2 heterocycles. The topological polar surface area (TPSA) is 69.2 Å². The molecule has 0 saturated carbocycles. The minimum atomic E-state index is -0.853. The molecule has 15 heavy (non-hydrogen) atoms. The second-order valence-corrected chi connectivity index (χ2v) is 4.18. The van der Waals surface area contributed by atoms with Crippen molar-refractivity contribution in [2.24, 2.45) is 5.92 Å². The predicted octanol–water partition coefficient (Wildman–Crippen LogP) is 1.64. The number of aromatic amines is 1. The first-order valence-electron chi connectivity index (χ1n) is 5.13. The molecule has 1 aliphatic rings. The van der Waals surface area contributed by atoms with Crippen LogP contribution in [0.1, 0.15) is 31.3 Å². The van der Waals surface area contributed by atoms with Crippen LogP contribution in [-0.2, 0) is 6.42 Å². The molecule has 5 heteroatoms. The lowest BCUT2D eigenvalue weighted by Gasteiger charge is -2.35. The maximum Gasteiger partial charge on any atom is 0.407 e. The van der Waals surface area contributed by atoms with Crippen molar-refractivity contribution in [1.82, 2.24) is 14.9 Å². The summed E-state index contributed by atoms with van der Waals surface area (Å²) in [6.45, 7) is 4.59. The molecule has 82 valence electrons. The van der Waals surface area contributed by atoms with Gasteiger partial charge < -0.3 is 10.1 Å². The summed E-state index contributed by atoms with van der Waals surface area (Å²) in [5, 5.41) is 9.11. The third-order valence-electron chi connectivity index (χ3n) is 2.85. The Hall–Kier alpha value is -1.52. The number of amides is 1. The fourth-order valence-corrected chi connectivity index (χ4v) is 2.22. The van der Waals surface area contributed by atoms with Gasteiger partial charge in [-0.1, -0.05) is 13.8 Å². The third-order valence-corrected chi connectivity index (χ3v) is 2.85. The molecule has 5 nitrogen and oxygen atoms in total. The van der Waals surface area contributed by atoms with Gasteiger partial charge in [-0.3, -0.25) is 4.90 Å². The Labute approximate surface area is 88.1 Å². The number of fused-ring (bicyclic) bond motifs is 1. The first-order valence-corrected chi connectivity index (χ1v) is 5.13. The first kappa shape index (κ1) is 10.0. The second-order valence-electron chi connectivity index (χ2n) is 4.18. The average Bonchev–Trinajstić information content (AvgIpc) is 2.62. The molecule has 1 unspecified atom stereocenters. The van der Waals surface area contributed by atoms with Gasteiger partial charge in [-0.2, -0.15) is 0 Å². The lowest BCUT2D eigenvalue weighted by molar-refractivity contribution is 0.103. The van der Waals surface area contributed by atoms with Crippen LogP contribution in [0.5, 0.6) is 0 Å². The van der Waals surface area contributed by atoms with E-state index in [4.69, 9.17) is 5.11 Å². The summed E-state index contributed by atoms with van der Waals surface area (Å²) in [6.07, 6.45) is 1.49. The molecule has 0 saturated heterocycles. The molecule has 2 rings (SSSR count). The van der Waals surface area contributed by atoms with Gasteiger partial charge in [0, 0.05) is 13.0 Å². The molecule has 1 amide bonds. The Morgan fingerprint density at radius 1 is 1.73 bits per heavy atom. The average molecular weight is 209 g/mol. The number of rotatable bonds is 1. The molecule has 1 atom stereocenters. The van der Waals surface area contributed by atoms with Crippen LogP contribution in [0.3, 0.4) is 0 Å². The SMILES string of the molecule is CC(C)C1c2[nH]cnc2CCN1C(=O)O. The summed E-state index contributed by atoms with van der Waals surface area (Å²) in [6, 6.07) is -0.0891. The van der Waals surface area contributed by atoms with Crippen LogP contribution in [0.4, 0.5) is 4.79 Å². The van der Waals surface area contributed by atoms with Gasteiger partial charge in [0.15, 0.2) is 0 Å². The van der Waals surface area contributed by atoms with Gasteiger partial charge in [0.25, 0.3) is 0 Å². The molecule has 0 aromatic carbocycles. The zero-order chi connectivity index (χ0) is 11.0. The summed E-state index contributed by atoms with van der Waals surface area (Å²) in [7, 11) is 0. The molecule has 1 aromatic rings. The fourth-order valence-electron chi connectivity index (χ4n) is 2.22. The van der Waals surface area contributed by atoms with E-state index in [1.165, 1.54) is 4.90 Å². The number of carboxylic acid groups (broad SMARTS) is 1. The molecular weight excluding hydrogens is 194 g/mol. The highest BCUT2D eigenvalue weighted by Crippen LogP contribution is 2.32. The number of hydrogen-bond acceptors (Lipinski definition) is 2. The Morgan fingerprint density at radius 3 is 3.07 bits per heavy atom. The Morgan fingerprint density at radius 2 is 2.47 bits per heavy atom. The van der Waals surface area contributed by atoms with Gasteiger partial charge >= 0.3 is 6.09 Å². The Bertz CT molecular complexity index is 372. The van der Waals surface area contributed by atoms with Crippen molar-refractivity contribution >= 4 is 6.09 Å². The van der Waals surface area contributed by atoms with Crippen molar-refractivity contribution in [2.45, 2.75) is 26.3 Å². The van der Waals surface area contributed by atoms with Gasteiger partial charge in [0.05, 0.1) is 23.8 Å². The lowest BCUT2D eigenvalue weighted by Crippen LogP contribution is -2.41. The van der Waals surface area contributed by atoms with Crippen LogP contribution >= 0.6 is 0 Å². The molecule has 0 bridgehead atoms. The smallest absolute Gasteiger partial charge is 0.407 e.